The number of ether oxygens (including phenoxy) is 1. The zero-order valence-electron chi connectivity index (χ0n) is 13.4. The summed E-state index contributed by atoms with van der Waals surface area (Å²) in [6.07, 6.45) is 5.30. The van der Waals surface area contributed by atoms with Crippen LogP contribution in [0.5, 0.6) is 0 Å². The van der Waals surface area contributed by atoms with Crippen LogP contribution in [0.25, 0.3) is 17.2 Å². The number of aromatic nitrogens is 1. The molecule has 0 radical (unpaired) electrons. The molecule has 1 aliphatic heterocycles. The minimum absolute atomic E-state index is 0.333. The molecule has 4 rings (SSSR count). The molecule has 0 saturated heterocycles. The maximum absolute atomic E-state index is 12.6. The van der Waals surface area contributed by atoms with E-state index in [0.717, 1.165) is 22.3 Å². The van der Waals surface area contributed by atoms with Gasteiger partial charge in [-0.1, -0.05) is 66.7 Å². The largest absolute Gasteiger partial charge is 0.422 e. The van der Waals surface area contributed by atoms with Gasteiger partial charge in [-0.15, -0.1) is 0 Å². The fourth-order valence-electron chi connectivity index (χ4n) is 2.90. The first kappa shape index (κ1) is 15.1. The zero-order valence-corrected chi connectivity index (χ0v) is 13.4. The van der Waals surface area contributed by atoms with Gasteiger partial charge in [0.15, 0.2) is 0 Å². The molecular weight excluding hydrogens is 310 g/mol. The highest BCUT2D eigenvalue weighted by Crippen LogP contribution is 2.40. The Labute approximate surface area is 145 Å². The van der Waals surface area contributed by atoms with Gasteiger partial charge in [-0.05, 0) is 28.8 Å². The lowest BCUT2D eigenvalue weighted by molar-refractivity contribution is -0.131. The lowest BCUT2D eigenvalue weighted by Gasteiger charge is -2.06. The van der Waals surface area contributed by atoms with Gasteiger partial charge >= 0.3 is 5.97 Å². The van der Waals surface area contributed by atoms with Crippen LogP contribution in [0.1, 0.15) is 16.7 Å². The Morgan fingerprint density at radius 1 is 0.760 bits per heavy atom. The molecule has 3 nitrogen and oxygen atoms in total. The molecule has 3 aromatic rings. The second kappa shape index (κ2) is 6.57. The van der Waals surface area contributed by atoms with E-state index in [1.165, 1.54) is 0 Å². The van der Waals surface area contributed by atoms with Gasteiger partial charge in [-0.3, -0.25) is 4.98 Å². The number of carbonyl (C=O) groups is 1. The van der Waals surface area contributed by atoms with Gasteiger partial charge in [0.05, 0.1) is 5.57 Å². The number of hydrogen-bond acceptors (Lipinski definition) is 3. The van der Waals surface area contributed by atoms with E-state index in [-0.39, 0.29) is 5.97 Å². The first-order valence-electron chi connectivity index (χ1n) is 8.02. The summed E-state index contributed by atoms with van der Waals surface area (Å²) in [5.74, 6) is 0.211. The van der Waals surface area contributed by atoms with Crippen LogP contribution >= 0.6 is 0 Å². The molecule has 25 heavy (non-hydrogen) atoms. The molecular formula is C22H15NO2. The SMILES string of the molecule is O=C1O/C(=C/c2cccnc2)C(c2ccccc2)=C1c1ccccc1. The minimum atomic E-state index is -0.333. The average molecular weight is 325 g/mol. The molecule has 0 bridgehead atoms. The average Bonchev–Trinajstić information content (AvgIpc) is 2.99. The predicted octanol–water partition coefficient (Wildman–Crippen LogP) is 4.59. The van der Waals surface area contributed by atoms with Crippen LogP contribution in [0, 0.1) is 0 Å². The van der Waals surface area contributed by atoms with Crippen molar-refractivity contribution in [1.82, 2.24) is 4.98 Å². The van der Waals surface area contributed by atoms with Crippen molar-refractivity contribution in [3.8, 4) is 0 Å². The highest BCUT2D eigenvalue weighted by molar-refractivity contribution is 6.30. The van der Waals surface area contributed by atoms with Crippen molar-refractivity contribution < 1.29 is 9.53 Å². The molecule has 0 fully saturated rings. The summed E-state index contributed by atoms with van der Waals surface area (Å²) >= 11 is 0. The number of benzene rings is 2. The molecule has 3 heteroatoms. The summed E-state index contributed by atoms with van der Waals surface area (Å²) < 4.78 is 5.62. The third kappa shape index (κ3) is 3.00. The monoisotopic (exact) mass is 325 g/mol. The molecule has 0 saturated carbocycles. The molecule has 2 aromatic carbocycles. The molecule has 120 valence electrons. The Kier molecular flexibility index (Phi) is 3.97. The summed E-state index contributed by atoms with van der Waals surface area (Å²) in [7, 11) is 0. The minimum Gasteiger partial charge on any atom is -0.422 e. The first-order valence-corrected chi connectivity index (χ1v) is 8.02. The Morgan fingerprint density at radius 3 is 2.00 bits per heavy atom. The number of pyridine rings is 1. The van der Waals surface area contributed by atoms with Gasteiger partial charge in [0, 0.05) is 18.0 Å². The van der Waals surface area contributed by atoms with Gasteiger partial charge in [0.1, 0.15) is 5.76 Å². The summed E-state index contributed by atoms with van der Waals surface area (Å²) in [5, 5.41) is 0. The number of esters is 1. The van der Waals surface area contributed by atoms with E-state index in [1.807, 2.05) is 78.9 Å². The molecule has 0 aliphatic carbocycles. The van der Waals surface area contributed by atoms with Crippen molar-refractivity contribution in [1.29, 1.82) is 0 Å². The second-order valence-electron chi connectivity index (χ2n) is 5.67. The fraction of sp³-hybridized carbons (Fsp3) is 0. The van der Waals surface area contributed by atoms with Gasteiger partial charge in [0.2, 0.25) is 0 Å². The van der Waals surface area contributed by atoms with Crippen LogP contribution in [0.15, 0.2) is 90.9 Å². The summed E-state index contributed by atoms with van der Waals surface area (Å²) in [5.41, 5.74) is 4.07. The van der Waals surface area contributed by atoms with Crippen molar-refractivity contribution in [2.45, 2.75) is 0 Å². The van der Waals surface area contributed by atoms with Crippen LogP contribution < -0.4 is 0 Å². The van der Waals surface area contributed by atoms with Gasteiger partial charge in [-0.2, -0.15) is 0 Å². The number of hydrogen-bond donors (Lipinski definition) is 0. The summed E-state index contributed by atoms with van der Waals surface area (Å²) in [4.78, 5) is 16.7. The zero-order chi connectivity index (χ0) is 17.1. The van der Waals surface area contributed by atoms with E-state index >= 15 is 0 Å². The highest BCUT2D eigenvalue weighted by Gasteiger charge is 2.31. The predicted molar refractivity (Wildman–Crippen MR) is 98.0 cm³/mol. The van der Waals surface area contributed by atoms with Gasteiger partial charge < -0.3 is 4.74 Å². The van der Waals surface area contributed by atoms with E-state index in [9.17, 15) is 4.79 Å². The number of carbonyl (C=O) groups excluding carboxylic acids is 1. The van der Waals surface area contributed by atoms with Crippen molar-refractivity contribution >= 4 is 23.2 Å². The highest BCUT2D eigenvalue weighted by atomic mass is 16.5. The van der Waals surface area contributed by atoms with Crippen molar-refractivity contribution in [3.05, 3.63) is 108 Å². The molecule has 0 amide bonds. The Hall–Kier alpha value is -3.46. The molecule has 0 N–H and O–H groups in total. The molecule has 0 atom stereocenters. The fourth-order valence-corrected chi connectivity index (χ4v) is 2.90. The maximum Gasteiger partial charge on any atom is 0.344 e. The van der Waals surface area contributed by atoms with Crippen LogP contribution in [0.2, 0.25) is 0 Å². The summed E-state index contributed by atoms with van der Waals surface area (Å²) in [6.45, 7) is 0. The molecule has 0 spiro atoms. The second-order valence-corrected chi connectivity index (χ2v) is 5.67. The maximum atomic E-state index is 12.6. The number of rotatable bonds is 3. The standard InChI is InChI=1S/C22H15NO2/c24-22-21(18-11-5-2-6-12-18)20(17-9-3-1-4-10-17)19(25-22)14-16-8-7-13-23-15-16/h1-15H/b19-14+. The van der Waals surface area contributed by atoms with Crippen LogP contribution in [0.3, 0.4) is 0 Å². The Morgan fingerprint density at radius 2 is 1.40 bits per heavy atom. The van der Waals surface area contributed by atoms with Crippen LogP contribution in [-0.2, 0) is 9.53 Å². The molecule has 2 heterocycles. The molecule has 1 aromatic heterocycles. The van der Waals surface area contributed by atoms with E-state index in [1.54, 1.807) is 12.4 Å². The third-order valence-electron chi connectivity index (χ3n) is 4.01. The first-order chi connectivity index (χ1) is 12.3. The van der Waals surface area contributed by atoms with Gasteiger partial charge in [0.25, 0.3) is 0 Å². The molecule has 0 unspecified atom stereocenters. The number of cyclic esters (lactones) is 1. The smallest absolute Gasteiger partial charge is 0.344 e. The van der Waals surface area contributed by atoms with Crippen molar-refractivity contribution in [3.63, 3.8) is 0 Å². The van der Waals surface area contributed by atoms with E-state index < -0.39 is 0 Å². The van der Waals surface area contributed by atoms with Crippen LogP contribution in [-0.4, -0.2) is 11.0 Å². The van der Waals surface area contributed by atoms with Crippen molar-refractivity contribution in [2.75, 3.05) is 0 Å². The normalized spacial score (nSPS) is 15.5. The quantitative estimate of drug-likeness (QED) is 0.661. The lowest BCUT2D eigenvalue weighted by Crippen LogP contribution is -1.98. The number of nitrogens with zero attached hydrogens (tertiary/aromatic N) is 1. The van der Waals surface area contributed by atoms with Gasteiger partial charge in [-0.25, -0.2) is 4.79 Å². The van der Waals surface area contributed by atoms with E-state index in [4.69, 9.17) is 4.74 Å². The lowest BCUT2D eigenvalue weighted by atomic mass is 9.94. The van der Waals surface area contributed by atoms with E-state index in [2.05, 4.69) is 4.98 Å². The van der Waals surface area contributed by atoms with E-state index in [0.29, 0.717) is 11.3 Å². The Bertz CT molecular complexity index is 959. The third-order valence-corrected chi connectivity index (χ3v) is 4.01. The Balaban J connectivity index is 1.93. The topological polar surface area (TPSA) is 39.2 Å². The molecule has 1 aliphatic rings. The van der Waals surface area contributed by atoms with Crippen molar-refractivity contribution in [2.24, 2.45) is 0 Å². The number of allylic oxidation sites excluding steroid dienone is 1. The van der Waals surface area contributed by atoms with Crippen LogP contribution in [0.4, 0.5) is 0 Å². The summed E-state index contributed by atoms with van der Waals surface area (Å²) in [6, 6.07) is 23.2.